The normalized spacial score (nSPS) is 10.6. The Morgan fingerprint density at radius 3 is 2.94 bits per heavy atom. The molecule has 1 aromatic heterocycles. The van der Waals surface area contributed by atoms with Crippen molar-refractivity contribution < 1.29 is 9.18 Å². The molecule has 2 aromatic rings. The van der Waals surface area contributed by atoms with E-state index in [4.69, 9.17) is 0 Å². The van der Waals surface area contributed by atoms with Crippen molar-refractivity contribution in [1.82, 2.24) is 14.8 Å². The second-order valence-corrected chi connectivity index (χ2v) is 4.58. The number of hydrogen-bond donors (Lipinski definition) is 0. The molecule has 2 rings (SSSR count). The molecule has 0 amide bonds. The predicted molar refractivity (Wildman–Crippen MR) is 67.8 cm³/mol. The monoisotopic (exact) mass is 311 g/mol. The number of carbonyl (C=O) groups is 1. The van der Waals surface area contributed by atoms with E-state index in [0.29, 0.717) is 17.9 Å². The second-order valence-electron chi connectivity index (χ2n) is 3.72. The Hall–Kier alpha value is -1.56. The predicted octanol–water partition coefficient (Wildman–Crippen LogP) is 2.63. The van der Waals surface area contributed by atoms with E-state index in [1.165, 1.54) is 24.5 Å². The van der Waals surface area contributed by atoms with Crippen LogP contribution in [-0.4, -0.2) is 20.5 Å². The van der Waals surface area contributed by atoms with E-state index in [-0.39, 0.29) is 22.5 Å². The summed E-state index contributed by atoms with van der Waals surface area (Å²) in [6, 6.07) is 4.21. The third-order valence-corrected chi connectivity index (χ3v) is 3.16. The fourth-order valence-electron chi connectivity index (χ4n) is 1.60. The summed E-state index contributed by atoms with van der Waals surface area (Å²) < 4.78 is 15.0. The lowest BCUT2D eigenvalue weighted by molar-refractivity contribution is 0.0989. The molecule has 0 aliphatic carbocycles. The molecule has 0 N–H and O–H groups in total. The van der Waals surface area contributed by atoms with Crippen LogP contribution in [0.15, 0.2) is 29.0 Å². The van der Waals surface area contributed by atoms with Gasteiger partial charge in [-0.1, -0.05) is 0 Å². The largest absolute Gasteiger partial charge is 0.294 e. The number of benzene rings is 1. The van der Waals surface area contributed by atoms with E-state index in [1.54, 1.807) is 4.68 Å². The highest BCUT2D eigenvalue weighted by atomic mass is 79.9. The number of nitrogens with zero attached hydrogens (tertiary/aromatic N) is 3. The summed E-state index contributed by atoms with van der Waals surface area (Å²) in [5.74, 6) is 0.115. The summed E-state index contributed by atoms with van der Waals surface area (Å²) in [5.41, 5.74) is 0.453. The van der Waals surface area contributed by atoms with E-state index in [0.717, 1.165) is 0 Å². The zero-order chi connectivity index (χ0) is 13.1. The maximum absolute atomic E-state index is 13.1. The van der Waals surface area contributed by atoms with Gasteiger partial charge in [-0.3, -0.25) is 4.79 Å². The van der Waals surface area contributed by atoms with Gasteiger partial charge in [0.25, 0.3) is 0 Å². The summed E-state index contributed by atoms with van der Waals surface area (Å²) in [6.45, 7) is 2.59. The van der Waals surface area contributed by atoms with Gasteiger partial charge in [0.05, 0.1) is 10.9 Å². The van der Waals surface area contributed by atoms with Crippen molar-refractivity contribution in [3.8, 4) is 0 Å². The molecule has 18 heavy (non-hydrogen) atoms. The molecule has 0 radical (unpaired) electrons. The molecule has 0 aliphatic rings. The minimum Gasteiger partial charge on any atom is -0.294 e. The molecule has 94 valence electrons. The van der Waals surface area contributed by atoms with Crippen LogP contribution in [0.25, 0.3) is 0 Å². The molecule has 0 spiro atoms. The van der Waals surface area contributed by atoms with Gasteiger partial charge in [-0.05, 0) is 41.1 Å². The number of aryl methyl sites for hydroxylation is 1. The summed E-state index contributed by atoms with van der Waals surface area (Å²) in [6.07, 6.45) is 1.58. The van der Waals surface area contributed by atoms with Gasteiger partial charge in [0.1, 0.15) is 18.0 Å². The number of rotatable bonds is 4. The average molecular weight is 312 g/mol. The number of ketones is 1. The Morgan fingerprint density at radius 2 is 2.28 bits per heavy atom. The highest BCUT2D eigenvalue weighted by molar-refractivity contribution is 9.10. The topological polar surface area (TPSA) is 47.8 Å². The Balaban J connectivity index is 2.19. The highest BCUT2D eigenvalue weighted by Gasteiger charge is 2.13. The van der Waals surface area contributed by atoms with Gasteiger partial charge in [0.15, 0.2) is 5.78 Å². The molecule has 0 saturated carbocycles. The quantitative estimate of drug-likeness (QED) is 0.816. The van der Waals surface area contributed by atoms with Crippen molar-refractivity contribution >= 4 is 21.7 Å². The fraction of sp³-hybridized carbons (Fsp3) is 0.250. The van der Waals surface area contributed by atoms with Crippen LogP contribution in [0, 0.1) is 5.82 Å². The number of hydrogen-bond acceptors (Lipinski definition) is 3. The lowest BCUT2D eigenvalue weighted by Crippen LogP contribution is -2.11. The molecule has 0 fully saturated rings. The summed E-state index contributed by atoms with van der Waals surface area (Å²) in [5, 5.41) is 4.00. The van der Waals surface area contributed by atoms with Crippen LogP contribution >= 0.6 is 15.9 Å². The van der Waals surface area contributed by atoms with Gasteiger partial charge in [-0.25, -0.2) is 14.1 Å². The molecule has 0 aliphatic heterocycles. The molecule has 6 heteroatoms. The first-order valence-corrected chi connectivity index (χ1v) is 6.26. The van der Waals surface area contributed by atoms with Crippen molar-refractivity contribution in [2.45, 2.75) is 19.9 Å². The van der Waals surface area contributed by atoms with Gasteiger partial charge in [0.2, 0.25) is 0 Å². The Bertz CT molecular complexity index is 582. The second kappa shape index (κ2) is 5.39. The fourth-order valence-corrected chi connectivity index (χ4v) is 1.98. The van der Waals surface area contributed by atoms with E-state index in [1.807, 2.05) is 6.92 Å². The molecule has 1 aromatic carbocycles. The van der Waals surface area contributed by atoms with Gasteiger partial charge in [0, 0.05) is 12.1 Å². The van der Waals surface area contributed by atoms with Crippen LogP contribution in [0.3, 0.4) is 0 Å². The number of carbonyl (C=O) groups excluding carboxylic acids is 1. The third-order valence-electron chi connectivity index (χ3n) is 2.56. The van der Waals surface area contributed by atoms with Crippen LogP contribution in [0.5, 0.6) is 0 Å². The van der Waals surface area contributed by atoms with Crippen molar-refractivity contribution in [2.24, 2.45) is 0 Å². The van der Waals surface area contributed by atoms with E-state index in [2.05, 4.69) is 26.0 Å². The maximum Gasteiger partial charge on any atom is 0.170 e. The van der Waals surface area contributed by atoms with Crippen LogP contribution in [0.1, 0.15) is 23.1 Å². The molecule has 0 unspecified atom stereocenters. The Kier molecular flexibility index (Phi) is 3.86. The molecular weight excluding hydrogens is 301 g/mol. The van der Waals surface area contributed by atoms with Crippen LogP contribution < -0.4 is 0 Å². The standard InChI is InChI=1S/C12H11BrFN3O/c1-2-17-12(15-7-16-17)6-11(18)8-3-4-10(14)9(13)5-8/h3-5,7H,2,6H2,1H3. The van der Waals surface area contributed by atoms with Gasteiger partial charge in [-0.2, -0.15) is 5.10 Å². The summed E-state index contributed by atoms with van der Waals surface area (Å²) >= 11 is 3.06. The number of Topliss-reactive ketones (excluding diaryl/α,β-unsaturated/α-hetero) is 1. The maximum atomic E-state index is 13.1. The first kappa shape index (κ1) is 12.9. The molecule has 0 saturated heterocycles. The lowest BCUT2D eigenvalue weighted by Gasteiger charge is -2.03. The molecular formula is C12H11BrFN3O. The number of aromatic nitrogens is 3. The van der Waals surface area contributed by atoms with Crippen molar-refractivity contribution in [1.29, 1.82) is 0 Å². The first-order valence-electron chi connectivity index (χ1n) is 5.46. The molecule has 1 heterocycles. The van der Waals surface area contributed by atoms with Gasteiger partial charge < -0.3 is 0 Å². The Labute approximate surface area is 112 Å². The van der Waals surface area contributed by atoms with Crippen LogP contribution in [0.2, 0.25) is 0 Å². The zero-order valence-corrected chi connectivity index (χ0v) is 11.3. The van der Waals surface area contributed by atoms with Crippen molar-refractivity contribution in [2.75, 3.05) is 0 Å². The van der Waals surface area contributed by atoms with Crippen LogP contribution in [0.4, 0.5) is 4.39 Å². The van der Waals surface area contributed by atoms with Gasteiger partial charge >= 0.3 is 0 Å². The summed E-state index contributed by atoms with van der Waals surface area (Å²) in [7, 11) is 0. The SMILES string of the molecule is CCn1ncnc1CC(=O)c1ccc(F)c(Br)c1. The lowest BCUT2D eigenvalue weighted by atomic mass is 10.1. The minimum absolute atomic E-state index is 0.113. The van der Waals surface area contributed by atoms with Crippen molar-refractivity contribution in [3.05, 3.63) is 46.2 Å². The minimum atomic E-state index is -0.386. The van der Waals surface area contributed by atoms with Crippen molar-refractivity contribution in [3.63, 3.8) is 0 Å². The molecule has 4 nitrogen and oxygen atoms in total. The van der Waals surface area contributed by atoms with Gasteiger partial charge in [-0.15, -0.1) is 0 Å². The number of halogens is 2. The molecule has 0 atom stereocenters. The Morgan fingerprint density at radius 1 is 1.50 bits per heavy atom. The third kappa shape index (κ3) is 2.64. The van der Waals surface area contributed by atoms with Crippen LogP contribution in [-0.2, 0) is 13.0 Å². The summed E-state index contributed by atoms with van der Waals surface area (Å²) in [4.78, 5) is 16.1. The zero-order valence-electron chi connectivity index (χ0n) is 9.73. The smallest absolute Gasteiger partial charge is 0.170 e. The average Bonchev–Trinajstić information content (AvgIpc) is 2.79. The van der Waals surface area contributed by atoms with E-state index >= 15 is 0 Å². The molecule has 0 bridgehead atoms. The van der Waals surface area contributed by atoms with E-state index in [9.17, 15) is 9.18 Å². The highest BCUT2D eigenvalue weighted by Crippen LogP contribution is 2.18. The first-order chi connectivity index (χ1) is 8.61. The van der Waals surface area contributed by atoms with E-state index < -0.39 is 0 Å².